The Bertz CT molecular complexity index is 643. The van der Waals surface area contributed by atoms with Gasteiger partial charge in [-0.3, -0.25) is 0 Å². The first-order valence-electron chi connectivity index (χ1n) is 6.14. The van der Waals surface area contributed by atoms with Gasteiger partial charge in [-0.2, -0.15) is 8.78 Å². The van der Waals surface area contributed by atoms with Crippen molar-refractivity contribution in [2.45, 2.75) is 13.5 Å². The molecule has 0 bridgehead atoms. The van der Waals surface area contributed by atoms with Gasteiger partial charge in [-0.1, -0.05) is 12.1 Å². The lowest BCUT2D eigenvalue weighted by Crippen LogP contribution is -2.07. The molecule has 0 radical (unpaired) electrons. The number of nitrogens with zero attached hydrogens (tertiary/aromatic N) is 3. The maximum Gasteiger partial charge on any atom is 0.387 e. The highest BCUT2D eigenvalue weighted by Gasteiger charge is 2.17. The number of rotatable bonds is 5. The number of hydrogen-bond acceptors (Lipinski definition) is 5. The fourth-order valence-corrected chi connectivity index (χ4v) is 1.73. The molecule has 0 aliphatic carbocycles. The minimum absolute atomic E-state index is 0.00295. The summed E-state index contributed by atoms with van der Waals surface area (Å²) < 4.78 is 34.9. The van der Waals surface area contributed by atoms with Crippen molar-refractivity contribution >= 4 is 5.97 Å². The molecule has 0 saturated heterocycles. The summed E-state index contributed by atoms with van der Waals surface area (Å²) in [6, 6.07) is 5.99. The molecule has 0 aliphatic rings. The molecule has 6 nitrogen and oxygen atoms in total. The van der Waals surface area contributed by atoms with E-state index in [-0.39, 0.29) is 18.2 Å². The molecular weight excluding hydrogens is 284 g/mol. The number of halogens is 2. The van der Waals surface area contributed by atoms with Crippen LogP contribution >= 0.6 is 0 Å². The molecule has 8 heteroatoms. The SMILES string of the molecule is CCOC(=O)c1nc(-c2cccc(OC(F)F)c2)n(C)n1. The topological polar surface area (TPSA) is 66.2 Å². The molecule has 0 unspecified atom stereocenters. The van der Waals surface area contributed by atoms with Crippen LogP contribution in [0.3, 0.4) is 0 Å². The predicted octanol–water partition coefficient (Wildman–Crippen LogP) is 2.26. The normalized spacial score (nSPS) is 10.7. The van der Waals surface area contributed by atoms with Crippen LogP contribution in [0.4, 0.5) is 8.78 Å². The standard InChI is InChI=1S/C13H13F2N3O3/c1-3-20-12(19)10-16-11(18(2)17-10)8-5-4-6-9(7-8)21-13(14)15/h4-7,13H,3H2,1-2H3. The van der Waals surface area contributed by atoms with Crippen molar-refractivity contribution in [1.82, 2.24) is 14.8 Å². The van der Waals surface area contributed by atoms with Crippen LogP contribution in [0, 0.1) is 0 Å². The number of carbonyl (C=O) groups is 1. The van der Waals surface area contributed by atoms with E-state index >= 15 is 0 Å². The fraction of sp³-hybridized carbons (Fsp3) is 0.308. The molecule has 0 saturated carbocycles. The number of hydrogen-bond donors (Lipinski definition) is 0. The monoisotopic (exact) mass is 297 g/mol. The molecule has 0 N–H and O–H groups in total. The van der Waals surface area contributed by atoms with Gasteiger partial charge in [0.1, 0.15) is 5.75 Å². The summed E-state index contributed by atoms with van der Waals surface area (Å²) in [6.45, 7) is -1.02. The van der Waals surface area contributed by atoms with E-state index in [4.69, 9.17) is 4.74 Å². The molecule has 0 spiro atoms. The summed E-state index contributed by atoms with van der Waals surface area (Å²) in [6.07, 6.45) is 0. The number of alkyl halides is 2. The van der Waals surface area contributed by atoms with E-state index in [0.717, 1.165) is 0 Å². The second-order valence-electron chi connectivity index (χ2n) is 4.01. The first kappa shape index (κ1) is 14.9. The highest BCUT2D eigenvalue weighted by atomic mass is 19.3. The summed E-state index contributed by atoms with van der Waals surface area (Å²) in [7, 11) is 1.59. The largest absolute Gasteiger partial charge is 0.460 e. The van der Waals surface area contributed by atoms with Crippen LogP contribution in [0.25, 0.3) is 11.4 Å². The Balaban J connectivity index is 2.31. The molecule has 1 heterocycles. The summed E-state index contributed by atoms with van der Waals surface area (Å²) in [5, 5.41) is 3.94. The average molecular weight is 297 g/mol. The van der Waals surface area contributed by atoms with Crippen molar-refractivity contribution in [2.24, 2.45) is 7.05 Å². The molecule has 0 atom stereocenters. The van der Waals surface area contributed by atoms with Crippen molar-refractivity contribution in [1.29, 1.82) is 0 Å². The average Bonchev–Trinajstić information content (AvgIpc) is 2.81. The Labute approximate surface area is 119 Å². The van der Waals surface area contributed by atoms with Gasteiger partial charge in [0.2, 0.25) is 0 Å². The van der Waals surface area contributed by atoms with Gasteiger partial charge in [-0.05, 0) is 19.1 Å². The van der Waals surface area contributed by atoms with E-state index in [1.54, 1.807) is 26.1 Å². The van der Waals surface area contributed by atoms with Crippen LogP contribution in [-0.4, -0.2) is 34.0 Å². The fourth-order valence-electron chi connectivity index (χ4n) is 1.73. The van der Waals surface area contributed by atoms with E-state index in [9.17, 15) is 13.6 Å². The summed E-state index contributed by atoms with van der Waals surface area (Å²) in [5.41, 5.74) is 0.499. The van der Waals surface area contributed by atoms with Gasteiger partial charge in [0.25, 0.3) is 5.82 Å². The third-order valence-corrected chi connectivity index (χ3v) is 2.54. The Morgan fingerprint density at radius 3 is 2.86 bits per heavy atom. The zero-order valence-electron chi connectivity index (χ0n) is 11.4. The summed E-state index contributed by atoms with van der Waals surface area (Å²) >= 11 is 0. The Morgan fingerprint density at radius 2 is 2.19 bits per heavy atom. The first-order chi connectivity index (χ1) is 10.0. The lowest BCUT2D eigenvalue weighted by molar-refractivity contribution is -0.0498. The van der Waals surface area contributed by atoms with Crippen LogP contribution in [0.15, 0.2) is 24.3 Å². The van der Waals surface area contributed by atoms with E-state index in [1.165, 1.54) is 16.8 Å². The summed E-state index contributed by atoms with van der Waals surface area (Å²) in [5.74, 6) is -0.380. The molecule has 112 valence electrons. The zero-order chi connectivity index (χ0) is 15.4. The minimum Gasteiger partial charge on any atom is -0.460 e. The van der Waals surface area contributed by atoms with Crippen molar-refractivity contribution in [2.75, 3.05) is 6.61 Å². The quantitative estimate of drug-likeness (QED) is 0.792. The van der Waals surface area contributed by atoms with Gasteiger partial charge in [0, 0.05) is 12.6 Å². The Kier molecular flexibility index (Phi) is 4.46. The van der Waals surface area contributed by atoms with Crippen molar-refractivity contribution in [3.63, 3.8) is 0 Å². The van der Waals surface area contributed by atoms with E-state index in [2.05, 4.69) is 14.8 Å². The number of ether oxygens (including phenoxy) is 2. The predicted molar refractivity (Wildman–Crippen MR) is 69.0 cm³/mol. The molecule has 0 aliphatic heterocycles. The third-order valence-electron chi connectivity index (χ3n) is 2.54. The smallest absolute Gasteiger partial charge is 0.387 e. The van der Waals surface area contributed by atoms with Gasteiger partial charge < -0.3 is 9.47 Å². The molecule has 0 amide bonds. The minimum atomic E-state index is -2.91. The molecule has 1 aromatic heterocycles. The number of aryl methyl sites for hydroxylation is 1. The Morgan fingerprint density at radius 1 is 1.43 bits per heavy atom. The van der Waals surface area contributed by atoms with Crippen molar-refractivity contribution < 1.29 is 23.0 Å². The maximum absolute atomic E-state index is 12.2. The first-order valence-corrected chi connectivity index (χ1v) is 6.14. The third kappa shape index (κ3) is 3.53. The van der Waals surface area contributed by atoms with Crippen molar-refractivity contribution in [3.8, 4) is 17.1 Å². The van der Waals surface area contributed by atoms with Gasteiger partial charge in [-0.15, -0.1) is 5.10 Å². The van der Waals surface area contributed by atoms with Gasteiger partial charge in [0.05, 0.1) is 6.61 Å². The lowest BCUT2D eigenvalue weighted by Gasteiger charge is -2.06. The van der Waals surface area contributed by atoms with Gasteiger partial charge in [-0.25, -0.2) is 14.5 Å². The highest BCUT2D eigenvalue weighted by molar-refractivity contribution is 5.85. The lowest BCUT2D eigenvalue weighted by atomic mass is 10.2. The van der Waals surface area contributed by atoms with Gasteiger partial charge >= 0.3 is 12.6 Å². The second-order valence-corrected chi connectivity index (χ2v) is 4.01. The van der Waals surface area contributed by atoms with Crippen LogP contribution in [0.5, 0.6) is 5.75 Å². The highest BCUT2D eigenvalue weighted by Crippen LogP contribution is 2.23. The maximum atomic E-state index is 12.2. The molecule has 0 fully saturated rings. The summed E-state index contributed by atoms with van der Waals surface area (Å²) in [4.78, 5) is 15.6. The van der Waals surface area contributed by atoms with Crippen molar-refractivity contribution in [3.05, 3.63) is 30.1 Å². The number of esters is 1. The van der Waals surface area contributed by atoms with E-state index < -0.39 is 12.6 Å². The molecule has 1 aromatic carbocycles. The van der Waals surface area contributed by atoms with Crippen LogP contribution in [-0.2, 0) is 11.8 Å². The van der Waals surface area contributed by atoms with E-state index in [0.29, 0.717) is 11.4 Å². The van der Waals surface area contributed by atoms with Crippen LogP contribution < -0.4 is 4.74 Å². The van der Waals surface area contributed by atoms with Crippen LogP contribution in [0.2, 0.25) is 0 Å². The molecule has 2 rings (SSSR count). The van der Waals surface area contributed by atoms with Gasteiger partial charge in [0.15, 0.2) is 5.82 Å². The Hall–Kier alpha value is -2.51. The molecular formula is C13H13F2N3O3. The number of carbonyl (C=O) groups excluding carboxylic acids is 1. The number of aromatic nitrogens is 3. The zero-order valence-corrected chi connectivity index (χ0v) is 11.4. The number of benzene rings is 1. The molecule has 21 heavy (non-hydrogen) atoms. The van der Waals surface area contributed by atoms with E-state index in [1.807, 2.05) is 0 Å². The molecule has 2 aromatic rings. The van der Waals surface area contributed by atoms with Crippen LogP contribution in [0.1, 0.15) is 17.5 Å². The second kappa shape index (κ2) is 6.29.